The minimum atomic E-state index is -0.298. The number of nitrogens with zero attached hydrogens (tertiary/aromatic N) is 5. The van der Waals surface area contributed by atoms with Crippen molar-refractivity contribution in [2.45, 2.75) is 69.2 Å². The van der Waals surface area contributed by atoms with E-state index < -0.39 is 0 Å². The van der Waals surface area contributed by atoms with Crippen molar-refractivity contribution in [3.8, 4) is 11.8 Å². The molecule has 9 heteroatoms. The summed E-state index contributed by atoms with van der Waals surface area (Å²) in [6, 6.07) is 22.1. The van der Waals surface area contributed by atoms with Crippen LogP contribution in [0.4, 0.5) is 0 Å². The second-order valence-electron chi connectivity index (χ2n) is 12.8. The molecular weight excluding hydrogens is 566 g/mol. The Morgan fingerprint density at radius 3 is 2.27 bits per heavy atom. The second-order valence-corrected chi connectivity index (χ2v) is 12.8. The molecule has 1 aliphatic carbocycles. The number of rotatable bonds is 10. The van der Waals surface area contributed by atoms with Gasteiger partial charge in [-0.25, -0.2) is 0 Å². The van der Waals surface area contributed by atoms with Gasteiger partial charge in [0.1, 0.15) is 11.9 Å². The van der Waals surface area contributed by atoms with Crippen LogP contribution >= 0.6 is 0 Å². The number of carbonyl (C=O) groups is 1. The summed E-state index contributed by atoms with van der Waals surface area (Å²) in [5.41, 5.74) is 3.50. The number of aromatic nitrogens is 2. The van der Waals surface area contributed by atoms with Crippen LogP contribution in [0.1, 0.15) is 67.0 Å². The number of carbonyl (C=O) groups excluding carboxylic acids is 1. The number of hydrogen-bond acceptors (Lipinski definition) is 8. The molecule has 0 unspecified atom stereocenters. The van der Waals surface area contributed by atoms with Crippen molar-refractivity contribution in [3.05, 3.63) is 83.2 Å². The van der Waals surface area contributed by atoms with Gasteiger partial charge in [-0.15, -0.1) is 0 Å². The molecule has 238 valence electrons. The zero-order chi connectivity index (χ0) is 30.8. The van der Waals surface area contributed by atoms with Gasteiger partial charge in [-0.05, 0) is 43.7 Å². The van der Waals surface area contributed by atoms with Gasteiger partial charge >= 0.3 is 0 Å². The molecule has 4 aliphatic rings. The lowest BCUT2D eigenvalue weighted by atomic mass is 9.81. The first-order chi connectivity index (χ1) is 22.1. The van der Waals surface area contributed by atoms with Gasteiger partial charge in [0.15, 0.2) is 0 Å². The molecule has 3 saturated heterocycles. The topological polar surface area (TPSA) is 80.3 Å². The molecule has 0 spiro atoms. The Morgan fingerprint density at radius 1 is 0.933 bits per heavy atom. The van der Waals surface area contributed by atoms with Gasteiger partial charge in [-0.1, -0.05) is 60.7 Å². The van der Waals surface area contributed by atoms with Crippen molar-refractivity contribution < 1.29 is 19.0 Å². The number of amides is 1. The standard InChI is InChI=1S/C36H45N5O4/c1-3-44-35-29(34(43-2)37-33(38-35)27-16-17-27)23-39-21-28-22-40(36(42)31-15-10-20-45-31)18-19-41(28)30(24-39)32(25-11-6-4-7-12-25)26-13-8-5-9-14-26/h4-9,11-14,27-28,30-32H,3,10,15-24H2,1-2H3/t28-,30+,31+/m1/s1. The summed E-state index contributed by atoms with van der Waals surface area (Å²) in [5.74, 6) is 2.77. The van der Waals surface area contributed by atoms with Crippen LogP contribution in [0, 0.1) is 0 Å². The Labute approximate surface area is 266 Å². The molecule has 0 N–H and O–H groups in total. The third kappa shape index (κ3) is 6.44. The summed E-state index contributed by atoms with van der Waals surface area (Å²) in [6.45, 7) is 7.73. The zero-order valence-electron chi connectivity index (χ0n) is 26.5. The fourth-order valence-electron chi connectivity index (χ4n) is 7.54. The van der Waals surface area contributed by atoms with Crippen molar-refractivity contribution in [1.82, 2.24) is 24.7 Å². The Bertz CT molecular complexity index is 1410. The van der Waals surface area contributed by atoms with Crippen LogP contribution in [-0.2, 0) is 16.1 Å². The molecule has 3 aromatic rings. The van der Waals surface area contributed by atoms with E-state index in [-0.39, 0.29) is 30.0 Å². The highest BCUT2D eigenvalue weighted by atomic mass is 16.5. The second kappa shape index (κ2) is 13.4. The van der Waals surface area contributed by atoms with Gasteiger partial charge in [0.25, 0.3) is 5.91 Å². The van der Waals surface area contributed by atoms with E-state index in [9.17, 15) is 4.79 Å². The van der Waals surface area contributed by atoms with Gasteiger partial charge in [-0.3, -0.25) is 14.6 Å². The number of piperazine rings is 2. The molecule has 9 nitrogen and oxygen atoms in total. The van der Waals surface area contributed by atoms with E-state index in [0.29, 0.717) is 44.0 Å². The smallest absolute Gasteiger partial charge is 0.251 e. The Hall–Kier alpha value is -3.53. The maximum Gasteiger partial charge on any atom is 0.251 e. The normalized spacial score (nSPS) is 24.1. The van der Waals surface area contributed by atoms with Crippen LogP contribution in [0.2, 0.25) is 0 Å². The summed E-state index contributed by atoms with van der Waals surface area (Å²) < 4.78 is 17.8. The summed E-state index contributed by atoms with van der Waals surface area (Å²) >= 11 is 0. The van der Waals surface area contributed by atoms with Crippen molar-refractivity contribution in [1.29, 1.82) is 0 Å². The summed E-state index contributed by atoms with van der Waals surface area (Å²) in [4.78, 5) is 30.5. The van der Waals surface area contributed by atoms with Gasteiger partial charge in [0.2, 0.25) is 11.8 Å². The van der Waals surface area contributed by atoms with Crippen LogP contribution in [0.15, 0.2) is 60.7 Å². The minimum Gasteiger partial charge on any atom is -0.481 e. The largest absolute Gasteiger partial charge is 0.481 e. The van der Waals surface area contributed by atoms with E-state index in [1.165, 1.54) is 11.1 Å². The van der Waals surface area contributed by atoms with Crippen LogP contribution in [0.5, 0.6) is 11.8 Å². The summed E-state index contributed by atoms with van der Waals surface area (Å²) in [7, 11) is 1.69. The van der Waals surface area contributed by atoms with Crippen LogP contribution in [-0.4, -0.2) is 102 Å². The number of benzene rings is 2. The third-order valence-corrected chi connectivity index (χ3v) is 9.83. The van der Waals surface area contributed by atoms with Crippen LogP contribution in [0.25, 0.3) is 0 Å². The molecule has 4 heterocycles. The summed E-state index contributed by atoms with van der Waals surface area (Å²) in [5, 5.41) is 0. The maximum absolute atomic E-state index is 13.5. The molecule has 1 saturated carbocycles. The molecular formula is C36H45N5O4. The molecule has 0 radical (unpaired) electrons. The van der Waals surface area contributed by atoms with Crippen molar-refractivity contribution in [2.75, 3.05) is 53.0 Å². The van der Waals surface area contributed by atoms with Gasteiger partial charge in [0, 0.05) is 69.8 Å². The quantitative estimate of drug-likeness (QED) is 0.333. The van der Waals surface area contributed by atoms with E-state index in [1.54, 1.807) is 7.11 Å². The number of fused-ring (bicyclic) bond motifs is 1. The number of methoxy groups -OCH3 is 1. The average Bonchev–Trinajstić information content (AvgIpc) is 3.79. The monoisotopic (exact) mass is 611 g/mol. The molecule has 1 amide bonds. The highest BCUT2D eigenvalue weighted by Gasteiger charge is 2.44. The van der Waals surface area contributed by atoms with E-state index in [2.05, 4.69) is 75.4 Å². The molecule has 45 heavy (non-hydrogen) atoms. The highest BCUT2D eigenvalue weighted by Crippen LogP contribution is 2.41. The zero-order valence-corrected chi connectivity index (χ0v) is 26.5. The Balaban J connectivity index is 1.24. The lowest BCUT2D eigenvalue weighted by Crippen LogP contribution is -2.67. The average molecular weight is 612 g/mol. The molecule has 1 aromatic heterocycles. The first kappa shape index (κ1) is 30.1. The minimum absolute atomic E-state index is 0.146. The van der Waals surface area contributed by atoms with Gasteiger partial charge < -0.3 is 19.1 Å². The van der Waals surface area contributed by atoms with Crippen LogP contribution in [0.3, 0.4) is 0 Å². The first-order valence-corrected chi connectivity index (χ1v) is 16.7. The maximum atomic E-state index is 13.5. The van der Waals surface area contributed by atoms with Gasteiger partial charge in [-0.2, -0.15) is 9.97 Å². The molecule has 4 fully saturated rings. The van der Waals surface area contributed by atoms with Crippen molar-refractivity contribution in [3.63, 3.8) is 0 Å². The van der Waals surface area contributed by atoms with Gasteiger partial charge in [0.05, 0.1) is 19.3 Å². The lowest BCUT2D eigenvalue weighted by molar-refractivity contribution is -0.146. The number of ether oxygens (including phenoxy) is 3. The molecule has 7 rings (SSSR count). The molecule has 0 bridgehead atoms. The fraction of sp³-hybridized carbons (Fsp3) is 0.528. The molecule has 2 aromatic carbocycles. The highest BCUT2D eigenvalue weighted by molar-refractivity contribution is 5.81. The predicted molar refractivity (Wildman–Crippen MR) is 172 cm³/mol. The fourth-order valence-corrected chi connectivity index (χ4v) is 7.54. The third-order valence-electron chi connectivity index (χ3n) is 9.83. The van der Waals surface area contributed by atoms with E-state index in [0.717, 1.165) is 63.3 Å². The van der Waals surface area contributed by atoms with Crippen LogP contribution < -0.4 is 9.47 Å². The van der Waals surface area contributed by atoms with Crippen molar-refractivity contribution >= 4 is 5.91 Å². The van der Waals surface area contributed by atoms with Crippen molar-refractivity contribution in [2.24, 2.45) is 0 Å². The SMILES string of the molecule is CCOc1nc(C2CC2)nc(OC)c1CN1C[C@@H]2CN(C(=O)[C@@H]3CCCO3)CCN2[C@H](C(c2ccccc2)c2ccccc2)C1. The molecule has 3 aliphatic heterocycles. The van der Waals surface area contributed by atoms with E-state index >= 15 is 0 Å². The first-order valence-electron chi connectivity index (χ1n) is 16.7. The Morgan fingerprint density at radius 2 is 1.64 bits per heavy atom. The van der Waals surface area contributed by atoms with E-state index in [4.69, 9.17) is 24.2 Å². The number of hydrogen-bond donors (Lipinski definition) is 0. The van der Waals surface area contributed by atoms with E-state index in [1.807, 2.05) is 6.92 Å². The predicted octanol–water partition coefficient (Wildman–Crippen LogP) is 4.47. The molecule has 3 atom stereocenters. The Kier molecular flexibility index (Phi) is 9.01. The summed E-state index contributed by atoms with van der Waals surface area (Å²) in [6.07, 6.45) is 3.70. The lowest BCUT2D eigenvalue weighted by Gasteiger charge is -2.53.